The molecule has 1 N–H and O–H groups in total. The molecule has 3 saturated heterocycles. The van der Waals surface area contributed by atoms with Gasteiger partial charge in [0.2, 0.25) is 0 Å². The molecule has 0 radical (unpaired) electrons. The fourth-order valence-electron chi connectivity index (χ4n) is 3.44. The SMILES string of the molecule is O=C(NC1CN2CCC1CC2)c1ccc(Oc2ncc(Cl)s2)cc1. The number of thiazole rings is 1. The molecule has 0 saturated carbocycles. The molecule has 0 aliphatic carbocycles. The van der Waals surface area contributed by atoms with E-state index < -0.39 is 0 Å². The molecule has 1 amide bonds. The Bertz CT molecular complexity index is 726. The Morgan fingerprint density at radius 1 is 1.29 bits per heavy atom. The number of benzene rings is 1. The summed E-state index contributed by atoms with van der Waals surface area (Å²) in [5.41, 5.74) is 0.649. The van der Waals surface area contributed by atoms with Crippen LogP contribution in [-0.2, 0) is 0 Å². The highest BCUT2D eigenvalue weighted by molar-refractivity contribution is 7.17. The van der Waals surface area contributed by atoms with Gasteiger partial charge < -0.3 is 15.0 Å². The van der Waals surface area contributed by atoms with Gasteiger partial charge in [0.15, 0.2) is 0 Å². The summed E-state index contributed by atoms with van der Waals surface area (Å²) in [6.45, 7) is 3.32. The van der Waals surface area contributed by atoms with Crippen LogP contribution in [0.15, 0.2) is 30.5 Å². The maximum Gasteiger partial charge on any atom is 0.280 e. The molecule has 24 heavy (non-hydrogen) atoms. The molecule has 1 aromatic heterocycles. The number of aromatic nitrogens is 1. The van der Waals surface area contributed by atoms with Crippen molar-refractivity contribution in [1.82, 2.24) is 15.2 Å². The minimum absolute atomic E-state index is 0.0161. The molecule has 0 spiro atoms. The first kappa shape index (κ1) is 15.9. The van der Waals surface area contributed by atoms with Crippen LogP contribution in [0.2, 0.25) is 4.34 Å². The normalized spacial score (nSPS) is 25.5. The molecule has 1 atom stereocenters. The topological polar surface area (TPSA) is 54.5 Å². The summed E-state index contributed by atoms with van der Waals surface area (Å²) >= 11 is 7.10. The third kappa shape index (κ3) is 3.41. The van der Waals surface area contributed by atoms with E-state index in [1.165, 1.54) is 37.3 Å². The molecule has 4 heterocycles. The van der Waals surface area contributed by atoms with Gasteiger partial charge >= 0.3 is 0 Å². The van der Waals surface area contributed by atoms with E-state index in [1.807, 2.05) is 0 Å². The lowest BCUT2D eigenvalue weighted by Crippen LogP contribution is -2.57. The van der Waals surface area contributed by atoms with E-state index in [-0.39, 0.29) is 11.9 Å². The summed E-state index contributed by atoms with van der Waals surface area (Å²) in [5, 5.41) is 3.68. The summed E-state index contributed by atoms with van der Waals surface area (Å²) in [5.74, 6) is 1.24. The van der Waals surface area contributed by atoms with E-state index in [0.29, 0.717) is 26.8 Å². The van der Waals surface area contributed by atoms with Crippen LogP contribution in [0, 0.1) is 5.92 Å². The van der Waals surface area contributed by atoms with Crippen LogP contribution in [0.3, 0.4) is 0 Å². The number of rotatable bonds is 4. The third-order valence-corrected chi connectivity index (χ3v) is 5.74. The Morgan fingerprint density at radius 2 is 2.04 bits per heavy atom. The summed E-state index contributed by atoms with van der Waals surface area (Å²) in [4.78, 5) is 18.9. The standard InChI is InChI=1S/C17H18ClN3O2S/c18-15-9-19-17(24-15)23-13-3-1-12(2-4-13)16(22)20-14-10-21-7-5-11(14)6-8-21/h1-4,9,11,14H,5-8,10H2,(H,20,22). The lowest BCUT2D eigenvalue weighted by Gasteiger charge is -2.44. The molecular weight excluding hydrogens is 346 g/mol. The lowest BCUT2D eigenvalue weighted by molar-refractivity contribution is 0.0620. The predicted molar refractivity (Wildman–Crippen MR) is 94.1 cm³/mol. The Labute approximate surface area is 149 Å². The highest BCUT2D eigenvalue weighted by Gasteiger charge is 2.34. The van der Waals surface area contributed by atoms with Gasteiger partial charge in [-0.2, -0.15) is 0 Å². The van der Waals surface area contributed by atoms with Crippen LogP contribution in [0.5, 0.6) is 10.9 Å². The molecule has 1 unspecified atom stereocenters. The summed E-state index contributed by atoms with van der Waals surface area (Å²) in [7, 11) is 0. The van der Waals surface area contributed by atoms with Crippen LogP contribution in [0.1, 0.15) is 23.2 Å². The third-order valence-electron chi connectivity index (χ3n) is 4.75. The van der Waals surface area contributed by atoms with Crippen molar-refractivity contribution in [3.63, 3.8) is 0 Å². The number of hydrogen-bond acceptors (Lipinski definition) is 5. The van der Waals surface area contributed by atoms with Crippen LogP contribution in [-0.4, -0.2) is 41.5 Å². The van der Waals surface area contributed by atoms with Crippen molar-refractivity contribution < 1.29 is 9.53 Å². The molecular formula is C17H18ClN3O2S. The fourth-order valence-corrected chi connectivity index (χ4v) is 4.20. The van der Waals surface area contributed by atoms with Crippen LogP contribution in [0.4, 0.5) is 0 Å². The van der Waals surface area contributed by atoms with Gasteiger partial charge in [-0.3, -0.25) is 4.79 Å². The lowest BCUT2D eigenvalue weighted by atomic mass is 9.84. The fraction of sp³-hybridized carbons (Fsp3) is 0.412. The second-order valence-corrected chi connectivity index (χ2v) is 7.90. The molecule has 7 heteroatoms. The van der Waals surface area contributed by atoms with E-state index in [9.17, 15) is 4.79 Å². The highest BCUT2D eigenvalue weighted by Crippen LogP contribution is 2.30. The van der Waals surface area contributed by atoms with Crippen molar-refractivity contribution >= 4 is 28.8 Å². The molecule has 3 aliphatic heterocycles. The van der Waals surface area contributed by atoms with Crippen LogP contribution in [0.25, 0.3) is 0 Å². The first-order chi connectivity index (χ1) is 11.7. The molecule has 3 aliphatic rings. The van der Waals surface area contributed by atoms with Crippen LogP contribution < -0.4 is 10.1 Å². The minimum atomic E-state index is -0.0161. The number of amides is 1. The van der Waals surface area contributed by atoms with E-state index in [2.05, 4.69) is 15.2 Å². The monoisotopic (exact) mass is 363 g/mol. The first-order valence-electron chi connectivity index (χ1n) is 8.10. The minimum Gasteiger partial charge on any atom is -0.431 e. The van der Waals surface area contributed by atoms with Gasteiger partial charge in [0.05, 0.1) is 6.20 Å². The van der Waals surface area contributed by atoms with Crippen LogP contribution >= 0.6 is 22.9 Å². The Morgan fingerprint density at radius 3 is 2.62 bits per heavy atom. The zero-order chi connectivity index (χ0) is 16.5. The molecule has 2 bridgehead atoms. The molecule has 126 valence electrons. The molecule has 5 rings (SSSR count). The number of carbonyl (C=O) groups excluding carboxylic acids is 1. The number of hydrogen-bond donors (Lipinski definition) is 1. The van der Waals surface area contributed by atoms with Gasteiger partial charge in [-0.15, -0.1) is 0 Å². The highest BCUT2D eigenvalue weighted by atomic mass is 35.5. The van der Waals surface area contributed by atoms with Crippen molar-refractivity contribution in [3.8, 4) is 10.9 Å². The molecule has 3 fully saturated rings. The zero-order valence-electron chi connectivity index (χ0n) is 13.1. The van der Waals surface area contributed by atoms with Gasteiger partial charge in [-0.05, 0) is 56.1 Å². The Balaban J connectivity index is 1.38. The van der Waals surface area contributed by atoms with Gasteiger partial charge in [0.25, 0.3) is 11.1 Å². The maximum atomic E-state index is 12.5. The molecule has 1 aromatic carbocycles. The van der Waals surface area contributed by atoms with E-state index in [1.54, 1.807) is 30.5 Å². The van der Waals surface area contributed by atoms with Crippen molar-refractivity contribution in [2.24, 2.45) is 5.92 Å². The maximum absolute atomic E-state index is 12.5. The number of nitrogens with one attached hydrogen (secondary N) is 1. The number of halogens is 1. The smallest absolute Gasteiger partial charge is 0.280 e. The summed E-state index contributed by atoms with van der Waals surface area (Å²) < 4.78 is 6.19. The summed E-state index contributed by atoms with van der Waals surface area (Å²) in [6.07, 6.45) is 3.93. The quantitative estimate of drug-likeness (QED) is 0.904. The van der Waals surface area contributed by atoms with E-state index in [4.69, 9.17) is 16.3 Å². The average Bonchev–Trinajstić information content (AvgIpc) is 3.01. The largest absolute Gasteiger partial charge is 0.431 e. The summed E-state index contributed by atoms with van der Waals surface area (Å²) in [6, 6.07) is 7.39. The average molecular weight is 364 g/mol. The van der Waals surface area contributed by atoms with Crippen molar-refractivity contribution in [2.75, 3.05) is 19.6 Å². The number of ether oxygens (including phenoxy) is 1. The Kier molecular flexibility index (Phi) is 4.43. The van der Waals surface area contributed by atoms with Gasteiger partial charge in [0, 0.05) is 18.2 Å². The van der Waals surface area contributed by atoms with Gasteiger partial charge in [-0.1, -0.05) is 22.9 Å². The predicted octanol–water partition coefficient (Wildman–Crippen LogP) is 3.41. The second kappa shape index (κ2) is 6.70. The number of nitrogens with zero attached hydrogens (tertiary/aromatic N) is 2. The van der Waals surface area contributed by atoms with Crippen molar-refractivity contribution in [2.45, 2.75) is 18.9 Å². The van der Waals surface area contributed by atoms with Crippen molar-refractivity contribution in [3.05, 3.63) is 40.4 Å². The second-order valence-electron chi connectivity index (χ2n) is 6.27. The molecule has 2 aromatic rings. The number of carbonyl (C=O) groups is 1. The first-order valence-corrected chi connectivity index (χ1v) is 9.29. The van der Waals surface area contributed by atoms with E-state index >= 15 is 0 Å². The number of piperidine rings is 3. The van der Waals surface area contributed by atoms with Crippen molar-refractivity contribution in [1.29, 1.82) is 0 Å². The van der Waals surface area contributed by atoms with Gasteiger partial charge in [-0.25, -0.2) is 4.98 Å². The van der Waals surface area contributed by atoms with E-state index in [0.717, 1.165) is 6.54 Å². The molecule has 5 nitrogen and oxygen atoms in total. The number of fused-ring (bicyclic) bond motifs is 3. The zero-order valence-corrected chi connectivity index (χ0v) is 14.6. The Hall–Kier alpha value is -1.63. The van der Waals surface area contributed by atoms with Gasteiger partial charge in [0.1, 0.15) is 10.1 Å².